The molecule has 0 saturated carbocycles. The van der Waals surface area contributed by atoms with Gasteiger partial charge in [-0.15, -0.1) is 0 Å². The van der Waals surface area contributed by atoms with Crippen LogP contribution in [0.5, 0.6) is 0 Å². The lowest BCUT2D eigenvalue weighted by molar-refractivity contribution is 0.0287. The van der Waals surface area contributed by atoms with E-state index in [0.29, 0.717) is 5.56 Å². The van der Waals surface area contributed by atoms with Crippen LogP contribution in [0.2, 0.25) is 0 Å². The second-order valence-electron chi connectivity index (χ2n) is 5.29. The molecular formula is C13H18FNO3. The number of hydrogen-bond acceptors (Lipinski definition) is 2. The average molecular weight is 255 g/mol. The Hall–Kier alpha value is -1.62. The summed E-state index contributed by atoms with van der Waals surface area (Å²) >= 11 is 0. The third-order valence-electron chi connectivity index (χ3n) is 2.69. The van der Waals surface area contributed by atoms with E-state index in [1.165, 1.54) is 18.2 Å². The van der Waals surface area contributed by atoms with E-state index in [1.54, 1.807) is 26.8 Å². The number of aliphatic hydroxyl groups excluding tert-OH is 1. The molecule has 0 radical (unpaired) electrons. The van der Waals surface area contributed by atoms with Crippen molar-refractivity contribution in [2.75, 3.05) is 0 Å². The number of benzene rings is 1. The topological polar surface area (TPSA) is 69.6 Å². The normalized spacial score (nSPS) is 14.9. The van der Waals surface area contributed by atoms with Crippen LogP contribution in [0.4, 0.5) is 9.18 Å². The van der Waals surface area contributed by atoms with Crippen molar-refractivity contribution in [2.24, 2.45) is 5.41 Å². The molecule has 0 aliphatic heterocycles. The van der Waals surface area contributed by atoms with Gasteiger partial charge in [0.2, 0.25) is 0 Å². The molecule has 4 nitrogen and oxygen atoms in total. The van der Waals surface area contributed by atoms with E-state index in [9.17, 15) is 14.3 Å². The summed E-state index contributed by atoms with van der Waals surface area (Å²) in [6.07, 6.45) is -2.22. The molecule has 0 heterocycles. The minimum Gasteiger partial charge on any atom is -0.465 e. The SMILES string of the molecule is CC(C)(C)[C@@H](O)C(NC(=O)O)c1cccc(F)c1. The van der Waals surface area contributed by atoms with Crippen LogP contribution in [0.25, 0.3) is 0 Å². The summed E-state index contributed by atoms with van der Waals surface area (Å²) in [5.74, 6) is -0.467. The van der Waals surface area contributed by atoms with Crippen LogP contribution < -0.4 is 5.32 Å². The fourth-order valence-corrected chi connectivity index (χ4v) is 1.68. The lowest BCUT2D eigenvalue weighted by atomic mass is 9.82. The van der Waals surface area contributed by atoms with Crippen LogP contribution in [0.3, 0.4) is 0 Å². The molecule has 0 bridgehead atoms. The largest absolute Gasteiger partial charge is 0.465 e. The molecule has 1 aromatic carbocycles. The number of carboxylic acid groups (broad SMARTS) is 1. The Morgan fingerprint density at radius 3 is 2.44 bits per heavy atom. The van der Waals surface area contributed by atoms with E-state index in [2.05, 4.69) is 5.32 Å². The molecule has 1 rings (SSSR count). The smallest absolute Gasteiger partial charge is 0.405 e. The molecule has 100 valence electrons. The van der Waals surface area contributed by atoms with Gasteiger partial charge in [0.15, 0.2) is 0 Å². The molecule has 0 aromatic heterocycles. The fraction of sp³-hybridized carbons (Fsp3) is 0.462. The highest BCUT2D eigenvalue weighted by Gasteiger charge is 2.32. The Morgan fingerprint density at radius 1 is 1.39 bits per heavy atom. The highest BCUT2D eigenvalue weighted by Crippen LogP contribution is 2.30. The predicted octanol–water partition coefficient (Wildman–Crippen LogP) is 2.54. The van der Waals surface area contributed by atoms with Crippen LogP contribution in [0.1, 0.15) is 32.4 Å². The molecule has 0 saturated heterocycles. The van der Waals surface area contributed by atoms with E-state index in [-0.39, 0.29) is 0 Å². The minimum atomic E-state index is -1.26. The number of amides is 1. The van der Waals surface area contributed by atoms with Crippen molar-refractivity contribution in [3.8, 4) is 0 Å². The number of carbonyl (C=O) groups is 1. The zero-order valence-corrected chi connectivity index (χ0v) is 10.6. The fourth-order valence-electron chi connectivity index (χ4n) is 1.68. The van der Waals surface area contributed by atoms with Crippen LogP contribution in [0.15, 0.2) is 24.3 Å². The lowest BCUT2D eigenvalue weighted by Gasteiger charge is -2.33. The van der Waals surface area contributed by atoms with E-state index < -0.39 is 29.5 Å². The summed E-state index contributed by atoms with van der Waals surface area (Å²) in [4.78, 5) is 10.8. The molecule has 1 aromatic rings. The summed E-state index contributed by atoms with van der Waals surface area (Å²) in [5.41, 5.74) is -0.126. The maximum Gasteiger partial charge on any atom is 0.405 e. The van der Waals surface area contributed by atoms with E-state index in [0.717, 1.165) is 0 Å². The van der Waals surface area contributed by atoms with Crippen LogP contribution in [-0.4, -0.2) is 22.4 Å². The van der Waals surface area contributed by atoms with Crippen LogP contribution >= 0.6 is 0 Å². The van der Waals surface area contributed by atoms with Gasteiger partial charge in [-0.05, 0) is 23.1 Å². The maximum atomic E-state index is 13.2. The van der Waals surface area contributed by atoms with Gasteiger partial charge in [-0.1, -0.05) is 32.9 Å². The molecule has 3 N–H and O–H groups in total. The molecular weight excluding hydrogens is 237 g/mol. The van der Waals surface area contributed by atoms with Gasteiger partial charge in [-0.25, -0.2) is 9.18 Å². The van der Waals surface area contributed by atoms with Crippen molar-refractivity contribution in [1.82, 2.24) is 5.32 Å². The first-order valence-corrected chi connectivity index (χ1v) is 5.65. The summed E-state index contributed by atoms with van der Waals surface area (Å²) in [5, 5.41) is 21.2. The molecule has 18 heavy (non-hydrogen) atoms. The number of hydrogen-bond donors (Lipinski definition) is 3. The first-order valence-electron chi connectivity index (χ1n) is 5.65. The highest BCUT2D eigenvalue weighted by molar-refractivity contribution is 5.65. The van der Waals surface area contributed by atoms with Gasteiger partial charge in [0, 0.05) is 0 Å². The van der Waals surface area contributed by atoms with E-state index in [1.807, 2.05) is 0 Å². The Balaban J connectivity index is 3.09. The van der Waals surface area contributed by atoms with Crippen LogP contribution in [0, 0.1) is 11.2 Å². The van der Waals surface area contributed by atoms with Crippen molar-refractivity contribution < 1.29 is 19.4 Å². The molecule has 0 spiro atoms. The number of halogens is 1. The Kier molecular flexibility index (Phi) is 4.29. The van der Waals surface area contributed by atoms with Gasteiger partial charge >= 0.3 is 6.09 Å². The summed E-state index contributed by atoms with van der Waals surface area (Å²) in [7, 11) is 0. The molecule has 5 heteroatoms. The van der Waals surface area contributed by atoms with Gasteiger partial charge in [0.05, 0.1) is 12.1 Å². The summed E-state index contributed by atoms with van der Waals surface area (Å²) < 4.78 is 13.2. The predicted molar refractivity (Wildman–Crippen MR) is 65.8 cm³/mol. The maximum absolute atomic E-state index is 13.2. The molecule has 0 aliphatic carbocycles. The number of rotatable bonds is 3. The van der Waals surface area contributed by atoms with Crippen molar-refractivity contribution in [3.63, 3.8) is 0 Å². The third-order valence-corrected chi connectivity index (χ3v) is 2.69. The van der Waals surface area contributed by atoms with Gasteiger partial charge in [0.25, 0.3) is 0 Å². The van der Waals surface area contributed by atoms with Crippen molar-refractivity contribution in [1.29, 1.82) is 0 Å². The zero-order chi connectivity index (χ0) is 13.9. The average Bonchev–Trinajstić information content (AvgIpc) is 2.23. The van der Waals surface area contributed by atoms with Crippen LogP contribution in [-0.2, 0) is 0 Å². The number of nitrogens with one attached hydrogen (secondary N) is 1. The zero-order valence-electron chi connectivity index (χ0n) is 10.6. The van der Waals surface area contributed by atoms with Crippen molar-refractivity contribution in [3.05, 3.63) is 35.6 Å². The van der Waals surface area contributed by atoms with Crippen molar-refractivity contribution in [2.45, 2.75) is 32.9 Å². The third kappa shape index (κ3) is 3.70. The molecule has 1 unspecified atom stereocenters. The number of aliphatic hydroxyl groups is 1. The monoisotopic (exact) mass is 255 g/mol. The molecule has 0 fully saturated rings. The quantitative estimate of drug-likeness (QED) is 0.777. The van der Waals surface area contributed by atoms with Gasteiger partial charge in [0.1, 0.15) is 5.82 Å². The second kappa shape index (κ2) is 5.35. The van der Waals surface area contributed by atoms with Gasteiger partial charge in [-0.2, -0.15) is 0 Å². The molecule has 1 amide bonds. The Labute approximate surface area is 105 Å². The molecule has 0 aliphatic rings. The van der Waals surface area contributed by atoms with E-state index in [4.69, 9.17) is 5.11 Å². The lowest BCUT2D eigenvalue weighted by Crippen LogP contribution is -2.42. The standard InChI is InChI=1S/C13H18FNO3/c1-13(2,3)11(16)10(15-12(17)18)8-5-4-6-9(14)7-8/h4-7,10-11,15-16H,1-3H3,(H,17,18)/t10?,11-/m0/s1. The minimum absolute atomic E-state index is 0.403. The van der Waals surface area contributed by atoms with Crippen molar-refractivity contribution >= 4 is 6.09 Å². The second-order valence-corrected chi connectivity index (χ2v) is 5.29. The first-order chi connectivity index (χ1) is 8.21. The van der Waals surface area contributed by atoms with Gasteiger partial charge in [-0.3, -0.25) is 0 Å². The summed E-state index contributed by atoms with van der Waals surface area (Å²) in [6, 6.07) is 4.69. The Morgan fingerprint density at radius 2 is 2.00 bits per heavy atom. The highest BCUT2D eigenvalue weighted by atomic mass is 19.1. The molecule has 2 atom stereocenters. The Bertz CT molecular complexity index is 428. The first kappa shape index (κ1) is 14.4. The summed E-state index contributed by atoms with van der Waals surface area (Å²) in [6.45, 7) is 5.36. The van der Waals surface area contributed by atoms with Gasteiger partial charge < -0.3 is 15.5 Å². The van der Waals surface area contributed by atoms with E-state index >= 15 is 0 Å².